The lowest BCUT2D eigenvalue weighted by Gasteiger charge is -2.25. The number of hydrogen-bond donors (Lipinski definition) is 3. The standard InChI is InChI=1S/C17H13F2NO3S/c1-10(12-3-5-14(18)15(19)8-12)17(21)20-13-4-2-11-6-7-24(22,23)16(11)9-13/h2-9,22-23H,1H2,(H,20,21). The van der Waals surface area contributed by atoms with Crippen LogP contribution < -0.4 is 5.32 Å². The van der Waals surface area contributed by atoms with E-state index in [1.54, 1.807) is 18.2 Å². The van der Waals surface area contributed by atoms with Crippen molar-refractivity contribution in [3.8, 4) is 0 Å². The average Bonchev–Trinajstić information content (AvgIpc) is 2.84. The molecule has 124 valence electrons. The van der Waals surface area contributed by atoms with Crippen LogP contribution in [0.3, 0.4) is 0 Å². The second kappa shape index (κ2) is 5.86. The third-order valence-corrected chi connectivity index (χ3v) is 5.09. The van der Waals surface area contributed by atoms with E-state index in [1.165, 1.54) is 17.5 Å². The number of carbonyl (C=O) groups is 1. The van der Waals surface area contributed by atoms with Gasteiger partial charge in [-0.2, -0.15) is 0 Å². The molecule has 1 aliphatic rings. The van der Waals surface area contributed by atoms with Crippen molar-refractivity contribution in [1.82, 2.24) is 0 Å². The van der Waals surface area contributed by atoms with Crippen LogP contribution in [0.4, 0.5) is 14.5 Å². The van der Waals surface area contributed by atoms with Gasteiger partial charge in [-0.3, -0.25) is 13.9 Å². The number of anilines is 1. The van der Waals surface area contributed by atoms with Crippen molar-refractivity contribution in [2.75, 3.05) is 5.32 Å². The number of benzene rings is 2. The minimum Gasteiger partial charge on any atom is -0.322 e. The normalized spacial score (nSPS) is 15.7. The maximum absolute atomic E-state index is 13.3. The minimum atomic E-state index is -2.99. The second-order valence-electron chi connectivity index (χ2n) is 5.21. The SMILES string of the molecule is C=C(C(=O)Nc1ccc2c(c1)S(O)(O)C=C2)c1ccc(F)c(F)c1. The Kier molecular flexibility index (Phi) is 4.00. The van der Waals surface area contributed by atoms with Crippen LogP contribution in [0.15, 0.2) is 53.3 Å². The third-order valence-electron chi connectivity index (χ3n) is 3.57. The van der Waals surface area contributed by atoms with E-state index in [1.807, 2.05) is 0 Å². The summed E-state index contributed by atoms with van der Waals surface area (Å²) in [6.07, 6.45) is 1.59. The quantitative estimate of drug-likeness (QED) is 0.703. The van der Waals surface area contributed by atoms with Crippen LogP contribution in [0.5, 0.6) is 0 Å². The number of carbonyl (C=O) groups excluding carboxylic acids is 1. The molecule has 24 heavy (non-hydrogen) atoms. The second-order valence-corrected chi connectivity index (χ2v) is 7.11. The molecule has 2 aromatic rings. The summed E-state index contributed by atoms with van der Waals surface area (Å²) >= 11 is 0. The fourth-order valence-corrected chi connectivity index (χ4v) is 3.54. The van der Waals surface area contributed by atoms with E-state index < -0.39 is 28.1 Å². The molecule has 0 atom stereocenters. The van der Waals surface area contributed by atoms with Crippen LogP contribution in [-0.4, -0.2) is 15.0 Å². The van der Waals surface area contributed by atoms with Crippen molar-refractivity contribution >= 4 is 33.8 Å². The van der Waals surface area contributed by atoms with E-state index in [4.69, 9.17) is 0 Å². The van der Waals surface area contributed by atoms with Crippen molar-refractivity contribution < 1.29 is 22.7 Å². The lowest BCUT2D eigenvalue weighted by atomic mass is 10.1. The van der Waals surface area contributed by atoms with Crippen molar-refractivity contribution in [1.29, 1.82) is 0 Å². The van der Waals surface area contributed by atoms with Gasteiger partial charge in [-0.25, -0.2) is 8.78 Å². The molecule has 0 aliphatic carbocycles. The third kappa shape index (κ3) is 2.96. The Morgan fingerprint density at radius 3 is 2.54 bits per heavy atom. The number of halogens is 2. The largest absolute Gasteiger partial charge is 0.322 e. The maximum atomic E-state index is 13.3. The summed E-state index contributed by atoms with van der Waals surface area (Å²) in [5.41, 5.74) is 1.11. The molecule has 3 rings (SSSR count). The summed E-state index contributed by atoms with van der Waals surface area (Å²) in [5, 5.41) is 3.86. The average molecular weight is 349 g/mol. The molecule has 0 saturated carbocycles. The fourth-order valence-electron chi connectivity index (χ4n) is 2.27. The number of fused-ring (bicyclic) bond motifs is 1. The van der Waals surface area contributed by atoms with E-state index in [0.29, 0.717) is 16.1 Å². The van der Waals surface area contributed by atoms with Gasteiger partial charge >= 0.3 is 0 Å². The van der Waals surface area contributed by atoms with Crippen LogP contribution in [0.2, 0.25) is 0 Å². The van der Waals surface area contributed by atoms with Crippen LogP contribution in [-0.2, 0) is 4.79 Å². The van der Waals surface area contributed by atoms with Crippen molar-refractivity contribution in [3.63, 3.8) is 0 Å². The molecule has 3 N–H and O–H groups in total. The van der Waals surface area contributed by atoms with Crippen LogP contribution in [0, 0.1) is 11.6 Å². The van der Waals surface area contributed by atoms with Gasteiger partial charge in [0.15, 0.2) is 11.6 Å². The number of nitrogens with one attached hydrogen (secondary N) is 1. The highest BCUT2D eigenvalue weighted by atomic mass is 32.3. The first-order chi connectivity index (χ1) is 11.3. The van der Waals surface area contributed by atoms with Gasteiger partial charge in [0.1, 0.15) is 0 Å². The van der Waals surface area contributed by atoms with Crippen LogP contribution in [0.25, 0.3) is 11.6 Å². The summed E-state index contributed by atoms with van der Waals surface area (Å²) in [6, 6.07) is 7.76. The smallest absolute Gasteiger partial charge is 0.255 e. The van der Waals surface area contributed by atoms with Crippen LogP contribution in [0.1, 0.15) is 11.1 Å². The molecule has 0 fully saturated rings. The first kappa shape index (κ1) is 16.4. The van der Waals surface area contributed by atoms with Gasteiger partial charge in [0.25, 0.3) is 5.91 Å². The molecule has 0 aromatic heterocycles. The van der Waals surface area contributed by atoms with Gasteiger partial charge < -0.3 is 5.32 Å². The molecule has 0 saturated heterocycles. The summed E-state index contributed by atoms with van der Waals surface area (Å²) in [6.45, 7) is 3.59. The van der Waals surface area contributed by atoms with Gasteiger partial charge in [-0.1, -0.05) is 18.7 Å². The van der Waals surface area contributed by atoms with Crippen molar-refractivity contribution in [2.24, 2.45) is 0 Å². The minimum absolute atomic E-state index is 0.0425. The summed E-state index contributed by atoms with van der Waals surface area (Å²) < 4.78 is 46.0. The highest BCUT2D eigenvalue weighted by molar-refractivity contribution is 8.27. The Labute approximate surface area is 138 Å². The molecule has 0 spiro atoms. The zero-order valence-corrected chi connectivity index (χ0v) is 13.1. The Balaban J connectivity index is 1.80. The van der Waals surface area contributed by atoms with Gasteiger partial charge in [0, 0.05) is 16.7 Å². The Morgan fingerprint density at radius 1 is 1.08 bits per heavy atom. The molecule has 4 nitrogen and oxygen atoms in total. The van der Waals surface area contributed by atoms with Crippen LogP contribution >= 0.6 is 10.6 Å². The van der Waals surface area contributed by atoms with Gasteiger partial charge in [-0.15, -0.1) is 10.6 Å². The molecule has 0 radical (unpaired) electrons. The zero-order valence-electron chi connectivity index (χ0n) is 12.3. The number of hydrogen-bond acceptors (Lipinski definition) is 3. The molecular formula is C17H13F2NO3S. The lowest BCUT2D eigenvalue weighted by molar-refractivity contribution is -0.111. The fraction of sp³-hybridized carbons (Fsp3) is 0. The summed E-state index contributed by atoms with van der Waals surface area (Å²) in [5.74, 6) is -2.69. The predicted molar refractivity (Wildman–Crippen MR) is 90.6 cm³/mol. The number of rotatable bonds is 3. The van der Waals surface area contributed by atoms with E-state index in [0.717, 1.165) is 12.1 Å². The zero-order chi connectivity index (χ0) is 17.5. The highest BCUT2D eigenvalue weighted by Crippen LogP contribution is 2.56. The lowest BCUT2D eigenvalue weighted by Crippen LogP contribution is -2.13. The van der Waals surface area contributed by atoms with E-state index in [-0.39, 0.29) is 11.1 Å². The van der Waals surface area contributed by atoms with E-state index in [9.17, 15) is 22.7 Å². The molecule has 2 aromatic carbocycles. The Bertz CT molecular complexity index is 893. The first-order valence-corrected chi connectivity index (χ1v) is 8.45. The van der Waals surface area contributed by atoms with Crippen molar-refractivity contribution in [2.45, 2.75) is 4.90 Å². The number of amides is 1. The molecule has 1 aliphatic heterocycles. The van der Waals surface area contributed by atoms with Gasteiger partial charge in [-0.05, 0) is 41.5 Å². The molecular weight excluding hydrogens is 336 g/mol. The first-order valence-electron chi connectivity index (χ1n) is 6.84. The van der Waals surface area contributed by atoms with E-state index in [2.05, 4.69) is 11.9 Å². The Morgan fingerprint density at radius 2 is 1.83 bits per heavy atom. The molecule has 1 heterocycles. The predicted octanol–water partition coefficient (Wildman–Crippen LogP) is 4.71. The molecule has 0 bridgehead atoms. The summed E-state index contributed by atoms with van der Waals surface area (Å²) in [4.78, 5) is 12.5. The molecule has 0 unspecified atom stereocenters. The highest BCUT2D eigenvalue weighted by Gasteiger charge is 2.22. The maximum Gasteiger partial charge on any atom is 0.255 e. The Hall–Kier alpha value is -2.48. The monoisotopic (exact) mass is 349 g/mol. The van der Waals surface area contributed by atoms with Gasteiger partial charge in [0.05, 0.1) is 4.90 Å². The van der Waals surface area contributed by atoms with E-state index >= 15 is 0 Å². The molecule has 7 heteroatoms. The summed E-state index contributed by atoms with van der Waals surface area (Å²) in [7, 11) is -2.99. The van der Waals surface area contributed by atoms with Crippen molar-refractivity contribution in [3.05, 3.63) is 71.1 Å². The molecule has 1 amide bonds. The van der Waals surface area contributed by atoms with Gasteiger partial charge in [0.2, 0.25) is 0 Å². The topological polar surface area (TPSA) is 69.6 Å².